The van der Waals surface area contributed by atoms with Crippen molar-refractivity contribution in [3.8, 4) is 28.5 Å². The molecule has 0 saturated heterocycles. The molecule has 0 N–H and O–H groups in total. The molecule has 3 aromatic carbocycles. The molecule has 0 aliphatic heterocycles. The zero-order chi connectivity index (χ0) is 19.0. The summed E-state index contributed by atoms with van der Waals surface area (Å²) in [6.45, 7) is 2.09. The second-order valence-electron chi connectivity index (χ2n) is 6.76. The zero-order valence-corrected chi connectivity index (χ0v) is 15.2. The monoisotopic (exact) mass is 353 g/mol. The Balaban J connectivity index is 1.80. The molecular formula is C24H18FN2+. The number of aromatic nitrogens is 1. The van der Waals surface area contributed by atoms with Gasteiger partial charge in [0.25, 0.3) is 0 Å². The van der Waals surface area contributed by atoms with Gasteiger partial charge in [-0.25, -0.2) is 8.96 Å². The Labute approximate surface area is 157 Å². The topological polar surface area (TPSA) is 27.7 Å². The van der Waals surface area contributed by atoms with Crippen LogP contribution in [0.4, 0.5) is 4.39 Å². The highest BCUT2D eigenvalue weighted by atomic mass is 19.1. The Bertz CT molecular complexity index is 1200. The zero-order valence-electron chi connectivity index (χ0n) is 15.2. The predicted molar refractivity (Wildman–Crippen MR) is 105 cm³/mol. The van der Waals surface area contributed by atoms with Gasteiger partial charge in [-0.2, -0.15) is 5.26 Å². The van der Waals surface area contributed by atoms with Crippen molar-refractivity contribution in [2.24, 2.45) is 7.05 Å². The standard InChI is InChI=1S/C24H18FN2/c1-16-11-21-12-17(14-26)3-4-19(21)13-23(16)24-10-7-20(15-27(24)2)18-5-8-22(25)9-6-18/h3-13,15H,1-2H3/q+1. The molecular weight excluding hydrogens is 335 g/mol. The van der Waals surface area contributed by atoms with Crippen LogP contribution in [-0.4, -0.2) is 0 Å². The third-order valence-corrected chi connectivity index (χ3v) is 4.90. The fourth-order valence-corrected chi connectivity index (χ4v) is 3.46. The third-order valence-electron chi connectivity index (χ3n) is 4.90. The van der Waals surface area contributed by atoms with Crippen molar-refractivity contribution in [3.05, 3.63) is 89.9 Å². The molecule has 0 amide bonds. The van der Waals surface area contributed by atoms with E-state index in [1.807, 2.05) is 25.2 Å². The van der Waals surface area contributed by atoms with Crippen LogP contribution in [0.1, 0.15) is 11.1 Å². The molecule has 1 aromatic heterocycles. The molecule has 130 valence electrons. The second kappa shape index (κ2) is 6.66. The first kappa shape index (κ1) is 16.9. The van der Waals surface area contributed by atoms with Crippen LogP contribution in [0.25, 0.3) is 33.2 Å². The van der Waals surface area contributed by atoms with Crippen molar-refractivity contribution in [1.29, 1.82) is 5.26 Å². The summed E-state index contributed by atoms with van der Waals surface area (Å²) in [5.41, 5.74) is 6.10. The van der Waals surface area contributed by atoms with E-state index in [4.69, 9.17) is 5.26 Å². The van der Waals surface area contributed by atoms with Gasteiger partial charge in [-0.15, -0.1) is 0 Å². The number of halogens is 1. The number of hydrogen-bond donors (Lipinski definition) is 0. The van der Waals surface area contributed by atoms with E-state index in [1.54, 1.807) is 12.1 Å². The van der Waals surface area contributed by atoms with Crippen molar-refractivity contribution in [2.75, 3.05) is 0 Å². The van der Waals surface area contributed by atoms with E-state index in [0.29, 0.717) is 5.56 Å². The lowest BCUT2D eigenvalue weighted by Gasteiger charge is -2.09. The summed E-state index contributed by atoms with van der Waals surface area (Å²) in [6.07, 6.45) is 2.06. The molecule has 0 atom stereocenters. The average molecular weight is 353 g/mol. The summed E-state index contributed by atoms with van der Waals surface area (Å²) >= 11 is 0. The second-order valence-corrected chi connectivity index (χ2v) is 6.76. The SMILES string of the molecule is Cc1cc2cc(C#N)ccc2cc1-c1ccc(-c2ccc(F)cc2)c[n+]1C. The molecule has 0 unspecified atom stereocenters. The van der Waals surface area contributed by atoms with E-state index < -0.39 is 0 Å². The van der Waals surface area contributed by atoms with Crippen LogP contribution >= 0.6 is 0 Å². The third kappa shape index (κ3) is 3.18. The number of pyridine rings is 1. The van der Waals surface area contributed by atoms with Gasteiger partial charge in [0, 0.05) is 17.2 Å². The molecule has 0 radical (unpaired) electrons. The summed E-state index contributed by atoms with van der Waals surface area (Å²) < 4.78 is 15.3. The number of aryl methyl sites for hydroxylation is 2. The fourth-order valence-electron chi connectivity index (χ4n) is 3.46. The maximum atomic E-state index is 13.2. The lowest BCUT2D eigenvalue weighted by Crippen LogP contribution is -2.30. The minimum absolute atomic E-state index is 0.230. The summed E-state index contributed by atoms with van der Waals surface area (Å²) in [5, 5.41) is 11.3. The molecule has 0 bridgehead atoms. The Hall–Kier alpha value is -3.51. The van der Waals surface area contributed by atoms with Gasteiger partial charge < -0.3 is 0 Å². The summed E-state index contributed by atoms with van der Waals surface area (Å²) in [6, 6.07) is 22.9. The highest BCUT2D eigenvalue weighted by Crippen LogP contribution is 2.28. The smallest absolute Gasteiger partial charge is 0.207 e. The largest absolute Gasteiger partial charge is 0.212 e. The van der Waals surface area contributed by atoms with Gasteiger partial charge in [-0.1, -0.05) is 24.3 Å². The van der Waals surface area contributed by atoms with Gasteiger partial charge in [0.05, 0.1) is 11.6 Å². The quantitative estimate of drug-likeness (QED) is 0.448. The van der Waals surface area contributed by atoms with Gasteiger partial charge >= 0.3 is 0 Å². The van der Waals surface area contributed by atoms with Crippen LogP contribution in [0.3, 0.4) is 0 Å². The van der Waals surface area contributed by atoms with Crippen LogP contribution < -0.4 is 4.57 Å². The summed E-state index contributed by atoms with van der Waals surface area (Å²) in [7, 11) is 2.02. The van der Waals surface area contributed by atoms with Crippen LogP contribution in [0.15, 0.2) is 72.9 Å². The molecule has 4 aromatic rings. The lowest BCUT2D eigenvalue weighted by molar-refractivity contribution is -0.659. The normalized spacial score (nSPS) is 10.7. The van der Waals surface area contributed by atoms with Gasteiger partial charge in [0.1, 0.15) is 12.9 Å². The Morgan fingerprint density at radius 1 is 0.852 bits per heavy atom. The number of hydrogen-bond acceptors (Lipinski definition) is 1. The van der Waals surface area contributed by atoms with Crippen molar-refractivity contribution in [2.45, 2.75) is 6.92 Å². The van der Waals surface area contributed by atoms with Crippen LogP contribution in [0.2, 0.25) is 0 Å². The summed E-state index contributed by atoms with van der Waals surface area (Å²) in [4.78, 5) is 0. The number of nitriles is 1. The number of rotatable bonds is 2. The van der Waals surface area contributed by atoms with E-state index in [0.717, 1.165) is 38.7 Å². The fraction of sp³-hybridized carbons (Fsp3) is 0.0833. The molecule has 27 heavy (non-hydrogen) atoms. The number of nitrogens with zero attached hydrogens (tertiary/aromatic N) is 2. The first-order valence-electron chi connectivity index (χ1n) is 8.76. The maximum absolute atomic E-state index is 13.2. The lowest BCUT2D eigenvalue weighted by atomic mass is 9.97. The average Bonchev–Trinajstić information content (AvgIpc) is 2.68. The van der Waals surface area contributed by atoms with E-state index in [-0.39, 0.29) is 5.82 Å². The van der Waals surface area contributed by atoms with E-state index in [2.05, 4.69) is 48.0 Å². The van der Waals surface area contributed by atoms with Gasteiger partial charge in [-0.3, -0.25) is 0 Å². The van der Waals surface area contributed by atoms with Crippen LogP contribution in [-0.2, 0) is 7.05 Å². The first-order valence-corrected chi connectivity index (χ1v) is 8.76. The maximum Gasteiger partial charge on any atom is 0.212 e. The van der Waals surface area contributed by atoms with Crippen molar-refractivity contribution in [3.63, 3.8) is 0 Å². The molecule has 0 spiro atoms. The highest BCUT2D eigenvalue weighted by Gasteiger charge is 2.15. The molecule has 3 heteroatoms. The Kier molecular flexibility index (Phi) is 4.18. The van der Waals surface area contributed by atoms with Crippen molar-refractivity contribution >= 4 is 10.8 Å². The van der Waals surface area contributed by atoms with Crippen molar-refractivity contribution < 1.29 is 8.96 Å². The molecule has 0 saturated carbocycles. The first-order chi connectivity index (χ1) is 13.0. The van der Waals surface area contributed by atoms with Gasteiger partial charge in [0.2, 0.25) is 5.69 Å². The molecule has 0 fully saturated rings. The summed E-state index contributed by atoms with van der Waals surface area (Å²) in [5.74, 6) is -0.230. The Morgan fingerprint density at radius 2 is 1.59 bits per heavy atom. The highest BCUT2D eigenvalue weighted by molar-refractivity contribution is 5.89. The minimum atomic E-state index is -0.230. The molecule has 2 nitrogen and oxygen atoms in total. The molecule has 4 rings (SSSR count). The molecule has 0 aliphatic carbocycles. The molecule has 0 aliphatic rings. The van der Waals surface area contributed by atoms with Gasteiger partial charge in [0.15, 0.2) is 6.20 Å². The van der Waals surface area contributed by atoms with E-state index in [9.17, 15) is 4.39 Å². The van der Waals surface area contributed by atoms with Crippen LogP contribution in [0, 0.1) is 24.1 Å². The number of fused-ring (bicyclic) bond motifs is 1. The Morgan fingerprint density at radius 3 is 2.30 bits per heavy atom. The minimum Gasteiger partial charge on any atom is -0.207 e. The van der Waals surface area contributed by atoms with Gasteiger partial charge in [-0.05, 0) is 65.2 Å². The van der Waals surface area contributed by atoms with E-state index in [1.165, 1.54) is 12.1 Å². The molecule has 1 heterocycles. The van der Waals surface area contributed by atoms with Crippen LogP contribution in [0.5, 0.6) is 0 Å². The number of benzene rings is 3. The van der Waals surface area contributed by atoms with Crippen molar-refractivity contribution in [1.82, 2.24) is 0 Å². The van der Waals surface area contributed by atoms with E-state index >= 15 is 0 Å². The predicted octanol–water partition coefficient (Wildman–Crippen LogP) is 5.32.